The zero-order chi connectivity index (χ0) is 11.5. The molecule has 0 radical (unpaired) electrons. The molecular weight excluding hydrogens is 208 g/mol. The van der Waals surface area contributed by atoms with Crippen LogP contribution >= 0.6 is 0 Å². The van der Waals surface area contributed by atoms with Crippen LogP contribution in [0, 0.1) is 0 Å². The van der Waals surface area contributed by atoms with E-state index in [-0.39, 0.29) is 18.1 Å². The Morgan fingerprint density at radius 3 is 3.06 bits per heavy atom. The van der Waals surface area contributed by atoms with Crippen molar-refractivity contribution in [2.75, 3.05) is 6.61 Å². The first-order valence-corrected chi connectivity index (χ1v) is 4.84. The van der Waals surface area contributed by atoms with Crippen molar-refractivity contribution in [2.45, 2.75) is 6.92 Å². The number of pyridine rings is 2. The third kappa shape index (κ3) is 1.67. The fraction of sp³-hybridized carbons (Fsp3) is 0.182. The Morgan fingerprint density at radius 2 is 2.31 bits per heavy atom. The fourth-order valence-electron chi connectivity index (χ4n) is 1.38. The first-order valence-electron chi connectivity index (χ1n) is 4.84. The lowest BCUT2D eigenvalue weighted by Gasteiger charge is -2.05. The van der Waals surface area contributed by atoms with Crippen LogP contribution in [0.15, 0.2) is 24.5 Å². The van der Waals surface area contributed by atoms with E-state index in [1.54, 1.807) is 19.1 Å². The average molecular weight is 218 g/mol. The van der Waals surface area contributed by atoms with Crippen molar-refractivity contribution in [3.05, 3.63) is 30.2 Å². The number of carbonyl (C=O) groups is 1. The third-order valence-corrected chi connectivity index (χ3v) is 2.09. The molecule has 0 aliphatic carbocycles. The minimum Gasteiger partial charge on any atom is -0.504 e. The molecule has 0 spiro atoms. The highest BCUT2D eigenvalue weighted by Crippen LogP contribution is 2.24. The van der Waals surface area contributed by atoms with Crippen LogP contribution < -0.4 is 0 Å². The minimum absolute atomic E-state index is 0.104. The van der Waals surface area contributed by atoms with Gasteiger partial charge >= 0.3 is 5.97 Å². The first kappa shape index (κ1) is 10.4. The average Bonchev–Trinajstić information content (AvgIpc) is 2.30. The summed E-state index contributed by atoms with van der Waals surface area (Å²) < 4.78 is 4.77. The maximum Gasteiger partial charge on any atom is 0.360 e. The summed E-state index contributed by atoms with van der Waals surface area (Å²) in [5.74, 6) is -0.885. The van der Waals surface area contributed by atoms with E-state index in [1.165, 1.54) is 12.4 Å². The van der Waals surface area contributed by atoms with Crippen LogP contribution in [0.2, 0.25) is 0 Å². The molecule has 5 heteroatoms. The number of esters is 1. The lowest BCUT2D eigenvalue weighted by molar-refractivity contribution is 0.0516. The van der Waals surface area contributed by atoms with E-state index in [0.717, 1.165) is 0 Å². The van der Waals surface area contributed by atoms with Crippen LogP contribution in [0.1, 0.15) is 17.4 Å². The van der Waals surface area contributed by atoms with E-state index in [4.69, 9.17) is 4.74 Å². The number of aromatic hydroxyl groups is 1. The molecule has 2 rings (SSSR count). The van der Waals surface area contributed by atoms with Gasteiger partial charge in [0.15, 0.2) is 11.4 Å². The maximum absolute atomic E-state index is 11.4. The van der Waals surface area contributed by atoms with Gasteiger partial charge in [-0.2, -0.15) is 0 Å². The van der Waals surface area contributed by atoms with Gasteiger partial charge in [0, 0.05) is 17.8 Å². The predicted molar refractivity (Wildman–Crippen MR) is 57.2 cm³/mol. The van der Waals surface area contributed by atoms with Gasteiger partial charge in [-0.3, -0.25) is 4.98 Å². The van der Waals surface area contributed by atoms with Gasteiger partial charge in [-0.05, 0) is 19.1 Å². The third-order valence-electron chi connectivity index (χ3n) is 2.09. The number of hydrogen-bond donors (Lipinski definition) is 1. The van der Waals surface area contributed by atoms with Crippen LogP contribution in [0.5, 0.6) is 5.75 Å². The van der Waals surface area contributed by atoms with Gasteiger partial charge < -0.3 is 9.84 Å². The molecule has 82 valence electrons. The highest BCUT2D eigenvalue weighted by Gasteiger charge is 2.16. The summed E-state index contributed by atoms with van der Waals surface area (Å²) in [7, 11) is 0. The Bertz CT molecular complexity index is 540. The van der Waals surface area contributed by atoms with Gasteiger partial charge in [0.25, 0.3) is 0 Å². The SMILES string of the molecule is CCOC(=O)c1ncc2cccnc2c1O. The number of aromatic nitrogens is 2. The number of carbonyl (C=O) groups excluding carboxylic acids is 1. The van der Waals surface area contributed by atoms with E-state index in [2.05, 4.69) is 9.97 Å². The molecule has 0 aromatic carbocycles. The van der Waals surface area contributed by atoms with E-state index in [0.29, 0.717) is 10.9 Å². The molecular formula is C11H10N2O3. The highest BCUT2D eigenvalue weighted by molar-refractivity contribution is 5.97. The second-order valence-electron chi connectivity index (χ2n) is 3.12. The summed E-state index contributed by atoms with van der Waals surface area (Å²) in [5.41, 5.74) is 0.244. The first-order chi connectivity index (χ1) is 7.74. The lowest BCUT2D eigenvalue weighted by Crippen LogP contribution is -2.07. The maximum atomic E-state index is 11.4. The number of ether oxygens (including phenoxy) is 1. The van der Waals surface area contributed by atoms with Gasteiger partial charge in [-0.25, -0.2) is 9.78 Å². The molecule has 0 amide bonds. The van der Waals surface area contributed by atoms with Crippen LogP contribution in [-0.2, 0) is 4.74 Å². The van der Waals surface area contributed by atoms with Crippen molar-refractivity contribution in [1.29, 1.82) is 0 Å². The van der Waals surface area contributed by atoms with Crippen LogP contribution in [0.25, 0.3) is 10.9 Å². The van der Waals surface area contributed by atoms with E-state index in [1.807, 2.05) is 0 Å². The van der Waals surface area contributed by atoms with Crippen molar-refractivity contribution in [3.8, 4) is 5.75 Å². The number of nitrogens with zero attached hydrogens (tertiary/aromatic N) is 2. The summed E-state index contributed by atoms with van der Waals surface area (Å²) in [6.45, 7) is 1.93. The number of hydrogen-bond acceptors (Lipinski definition) is 5. The van der Waals surface area contributed by atoms with Gasteiger partial charge in [-0.15, -0.1) is 0 Å². The van der Waals surface area contributed by atoms with Crippen molar-refractivity contribution < 1.29 is 14.6 Å². The van der Waals surface area contributed by atoms with Crippen molar-refractivity contribution in [2.24, 2.45) is 0 Å². The Morgan fingerprint density at radius 1 is 1.50 bits per heavy atom. The molecule has 0 saturated carbocycles. The molecule has 2 heterocycles. The second-order valence-corrected chi connectivity index (χ2v) is 3.12. The monoisotopic (exact) mass is 218 g/mol. The summed E-state index contributed by atoms with van der Waals surface area (Å²) in [6.07, 6.45) is 3.02. The van der Waals surface area contributed by atoms with Crippen LogP contribution in [0.4, 0.5) is 0 Å². The standard InChI is InChI=1S/C11H10N2O3/c1-2-16-11(15)9-10(14)8-7(6-13-9)4-3-5-12-8/h3-6,14H,2H2,1H3. The number of rotatable bonds is 2. The van der Waals surface area contributed by atoms with Crippen molar-refractivity contribution >= 4 is 16.9 Å². The molecule has 2 aromatic heterocycles. The Labute approximate surface area is 91.7 Å². The molecule has 0 saturated heterocycles. The second kappa shape index (κ2) is 4.14. The Hall–Kier alpha value is -2.17. The molecule has 2 aromatic rings. The molecule has 5 nitrogen and oxygen atoms in total. The fourth-order valence-corrected chi connectivity index (χ4v) is 1.38. The lowest BCUT2D eigenvalue weighted by atomic mass is 10.2. The molecule has 16 heavy (non-hydrogen) atoms. The van der Waals surface area contributed by atoms with E-state index < -0.39 is 5.97 Å². The quantitative estimate of drug-likeness (QED) is 0.773. The zero-order valence-corrected chi connectivity index (χ0v) is 8.67. The van der Waals surface area contributed by atoms with E-state index >= 15 is 0 Å². The summed E-state index contributed by atoms with van der Waals surface area (Å²) >= 11 is 0. The molecule has 0 bridgehead atoms. The van der Waals surface area contributed by atoms with Crippen LogP contribution in [-0.4, -0.2) is 27.7 Å². The summed E-state index contributed by atoms with van der Waals surface area (Å²) in [6, 6.07) is 3.48. The Balaban J connectivity index is 2.56. The molecule has 0 aliphatic rings. The largest absolute Gasteiger partial charge is 0.504 e. The highest BCUT2D eigenvalue weighted by atomic mass is 16.5. The molecule has 0 unspecified atom stereocenters. The summed E-state index contributed by atoms with van der Waals surface area (Å²) in [4.78, 5) is 19.3. The van der Waals surface area contributed by atoms with Gasteiger partial charge in [0.1, 0.15) is 5.52 Å². The normalized spacial score (nSPS) is 10.3. The predicted octanol–water partition coefficient (Wildman–Crippen LogP) is 1.51. The van der Waals surface area contributed by atoms with Crippen molar-refractivity contribution in [1.82, 2.24) is 9.97 Å². The molecule has 0 fully saturated rings. The number of fused-ring (bicyclic) bond motifs is 1. The topological polar surface area (TPSA) is 72.3 Å². The van der Waals surface area contributed by atoms with Gasteiger partial charge in [-0.1, -0.05) is 0 Å². The smallest absolute Gasteiger partial charge is 0.360 e. The molecule has 1 N–H and O–H groups in total. The van der Waals surface area contributed by atoms with Crippen molar-refractivity contribution in [3.63, 3.8) is 0 Å². The minimum atomic E-state index is -0.646. The molecule has 0 atom stereocenters. The zero-order valence-electron chi connectivity index (χ0n) is 8.67. The van der Waals surface area contributed by atoms with Gasteiger partial charge in [0.05, 0.1) is 6.61 Å². The van der Waals surface area contributed by atoms with Crippen LogP contribution in [0.3, 0.4) is 0 Å². The van der Waals surface area contributed by atoms with E-state index in [9.17, 15) is 9.90 Å². The van der Waals surface area contributed by atoms with Gasteiger partial charge in [0.2, 0.25) is 0 Å². The molecule has 0 aliphatic heterocycles. The summed E-state index contributed by atoms with van der Waals surface area (Å²) in [5, 5.41) is 10.5. The Kier molecular flexibility index (Phi) is 2.68.